The van der Waals surface area contributed by atoms with Crippen molar-refractivity contribution in [1.29, 1.82) is 0 Å². The molecule has 0 N–H and O–H groups in total. The highest BCUT2D eigenvalue weighted by Crippen LogP contribution is 2.48. The summed E-state index contributed by atoms with van der Waals surface area (Å²) in [6, 6.07) is 55.3. The van der Waals surface area contributed by atoms with E-state index >= 15 is 0 Å². The minimum Gasteiger partial charge on any atom is -0.456 e. The van der Waals surface area contributed by atoms with Crippen molar-refractivity contribution in [2.75, 3.05) is 0 Å². The van der Waals surface area contributed by atoms with Gasteiger partial charge >= 0.3 is 0 Å². The van der Waals surface area contributed by atoms with Crippen molar-refractivity contribution in [3.05, 3.63) is 169 Å². The van der Waals surface area contributed by atoms with E-state index in [4.69, 9.17) is 19.4 Å². The number of rotatable bonds is 4. The van der Waals surface area contributed by atoms with E-state index in [0.717, 1.165) is 49.8 Å². The molecule has 0 bridgehead atoms. The van der Waals surface area contributed by atoms with Gasteiger partial charge in [0.05, 0.1) is 16.7 Å². The van der Waals surface area contributed by atoms with E-state index in [9.17, 15) is 0 Å². The van der Waals surface area contributed by atoms with Crippen molar-refractivity contribution >= 4 is 43.7 Å². The predicted octanol–water partition coefficient (Wildman–Crippen LogP) is 12.2. The molecular formula is C48H32N4O. The number of hydrogen-bond donors (Lipinski definition) is 0. The third-order valence-corrected chi connectivity index (χ3v) is 11.0. The summed E-state index contributed by atoms with van der Waals surface area (Å²) in [4.78, 5) is 15.0. The number of fused-ring (bicyclic) bond motifs is 8. The molecule has 0 saturated heterocycles. The quantitative estimate of drug-likeness (QED) is 0.186. The Morgan fingerprint density at radius 2 is 1.09 bits per heavy atom. The number of nitrogens with zero attached hydrogens (tertiary/aromatic N) is 4. The summed E-state index contributed by atoms with van der Waals surface area (Å²) >= 11 is 0. The summed E-state index contributed by atoms with van der Waals surface area (Å²) in [7, 11) is 0. The molecule has 0 spiro atoms. The largest absolute Gasteiger partial charge is 0.456 e. The van der Waals surface area contributed by atoms with Gasteiger partial charge in [0.15, 0.2) is 17.5 Å². The molecule has 0 fully saturated rings. The van der Waals surface area contributed by atoms with Crippen LogP contribution in [0.25, 0.3) is 94.7 Å². The fourth-order valence-electron chi connectivity index (χ4n) is 8.47. The van der Waals surface area contributed by atoms with Gasteiger partial charge in [0.2, 0.25) is 0 Å². The molecule has 7 aromatic carbocycles. The lowest BCUT2D eigenvalue weighted by Crippen LogP contribution is -2.26. The molecule has 4 heterocycles. The second kappa shape index (κ2) is 11.1. The molecule has 0 radical (unpaired) electrons. The van der Waals surface area contributed by atoms with E-state index in [2.05, 4.69) is 103 Å². The van der Waals surface area contributed by atoms with E-state index in [1.54, 1.807) is 0 Å². The molecule has 0 atom stereocenters. The van der Waals surface area contributed by atoms with Crippen LogP contribution in [-0.4, -0.2) is 19.5 Å². The van der Waals surface area contributed by atoms with Gasteiger partial charge in [-0.2, -0.15) is 0 Å². The molecule has 0 amide bonds. The zero-order valence-electron chi connectivity index (χ0n) is 29.2. The maximum Gasteiger partial charge on any atom is 0.164 e. The maximum absolute atomic E-state index is 6.48. The molecular weight excluding hydrogens is 649 g/mol. The van der Waals surface area contributed by atoms with Gasteiger partial charge < -0.3 is 8.98 Å². The van der Waals surface area contributed by atoms with Crippen LogP contribution in [0.4, 0.5) is 0 Å². The van der Waals surface area contributed by atoms with Crippen molar-refractivity contribution in [2.24, 2.45) is 0 Å². The number of aromatic nitrogens is 4. The molecule has 250 valence electrons. The van der Waals surface area contributed by atoms with E-state index in [0.29, 0.717) is 17.5 Å². The molecule has 0 aliphatic carbocycles. The van der Waals surface area contributed by atoms with Crippen LogP contribution in [0.3, 0.4) is 0 Å². The minimum atomic E-state index is -0.101. The normalized spacial score (nSPS) is 13.2. The molecule has 1 aliphatic rings. The smallest absolute Gasteiger partial charge is 0.164 e. The van der Waals surface area contributed by atoms with Crippen LogP contribution >= 0.6 is 0 Å². The highest BCUT2D eigenvalue weighted by molar-refractivity contribution is 6.14. The van der Waals surface area contributed by atoms with Gasteiger partial charge in [-0.1, -0.05) is 135 Å². The topological polar surface area (TPSA) is 56.7 Å². The van der Waals surface area contributed by atoms with E-state index in [-0.39, 0.29) is 5.41 Å². The molecule has 1 aliphatic heterocycles. The molecule has 10 aromatic rings. The van der Waals surface area contributed by atoms with Crippen molar-refractivity contribution in [3.63, 3.8) is 0 Å². The minimum absolute atomic E-state index is 0.101. The molecule has 11 rings (SSSR count). The zero-order chi connectivity index (χ0) is 35.3. The Bertz CT molecular complexity index is 3020. The lowest BCUT2D eigenvalue weighted by molar-refractivity contribution is 0.630. The van der Waals surface area contributed by atoms with Crippen molar-refractivity contribution in [2.45, 2.75) is 19.3 Å². The third-order valence-electron chi connectivity index (χ3n) is 11.0. The van der Waals surface area contributed by atoms with Gasteiger partial charge in [-0.15, -0.1) is 0 Å². The highest BCUT2D eigenvalue weighted by atomic mass is 16.3. The van der Waals surface area contributed by atoms with E-state index < -0.39 is 0 Å². The summed E-state index contributed by atoms with van der Waals surface area (Å²) in [5.74, 6) is 1.87. The van der Waals surface area contributed by atoms with Gasteiger partial charge in [0.25, 0.3) is 0 Å². The molecule has 0 unspecified atom stereocenters. The molecule has 5 nitrogen and oxygen atoms in total. The standard InChI is InChI=1S/C48H32N4O/c1-48(2)37-19-9-10-21-40(37)52-39-25-23-31(27-35(39)33-17-11-20-38(48)44(33)52)32-24-26-41-36(28-32)43-34(18-12-22-42(43)53-41)47-50-45(29-13-5-3-6-14-29)49-46(51-47)30-15-7-4-8-16-30/h3-28H,1-2H3. The van der Waals surface area contributed by atoms with Crippen LogP contribution in [0.15, 0.2) is 162 Å². The van der Waals surface area contributed by atoms with Crippen LogP contribution in [-0.2, 0) is 5.41 Å². The molecule has 53 heavy (non-hydrogen) atoms. The van der Waals surface area contributed by atoms with Crippen LogP contribution in [0.1, 0.15) is 25.0 Å². The van der Waals surface area contributed by atoms with Crippen molar-refractivity contribution in [1.82, 2.24) is 19.5 Å². The SMILES string of the molecule is CC1(C)c2ccccc2-n2c3ccc(-c4ccc5oc6cccc(-c7nc(-c8ccccc8)nc(-c8ccccc8)n7)c6c5c4)cc3c3cccc1c32. The Labute approximate surface area is 305 Å². The summed E-state index contributed by atoms with van der Waals surface area (Å²) in [5, 5.41) is 4.53. The van der Waals surface area contributed by atoms with Crippen LogP contribution < -0.4 is 0 Å². The Morgan fingerprint density at radius 1 is 0.472 bits per heavy atom. The summed E-state index contributed by atoms with van der Waals surface area (Å²) in [6.45, 7) is 4.68. The fourth-order valence-corrected chi connectivity index (χ4v) is 8.47. The molecule has 0 saturated carbocycles. The first-order valence-corrected chi connectivity index (χ1v) is 18.0. The highest BCUT2D eigenvalue weighted by Gasteiger charge is 2.34. The van der Waals surface area contributed by atoms with Crippen LogP contribution in [0.2, 0.25) is 0 Å². The predicted molar refractivity (Wildman–Crippen MR) is 215 cm³/mol. The fraction of sp³-hybridized carbons (Fsp3) is 0.0625. The molecule has 5 heteroatoms. The van der Waals surface area contributed by atoms with Crippen LogP contribution in [0.5, 0.6) is 0 Å². The van der Waals surface area contributed by atoms with Crippen LogP contribution in [0, 0.1) is 0 Å². The van der Waals surface area contributed by atoms with Gasteiger partial charge in [-0.3, -0.25) is 0 Å². The van der Waals surface area contributed by atoms with Gasteiger partial charge in [-0.25, -0.2) is 15.0 Å². The van der Waals surface area contributed by atoms with Gasteiger partial charge in [0, 0.05) is 43.7 Å². The van der Waals surface area contributed by atoms with Crippen molar-refractivity contribution in [3.8, 4) is 51.0 Å². The number of para-hydroxylation sites is 2. The van der Waals surface area contributed by atoms with Gasteiger partial charge in [-0.05, 0) is 58.7 Å². The lowest BCUT2D eigenvalue weighted by Gasteiger charge is -2.34. The second-order valence-corrected chi connectivity index (χ2v) is 14.4. The summed E-state index contributed by atoms with van der Waals surface area (Å²) < 4.78 is 8.94. The zero-order valence-corrected chi connectivity index (χ0v) is 29.2. The average Bonchev–Trinajstić information content (AvgIpc) is 3.76. The molecule has 3 aromatic heterocycles. The monoisotopic (exact) mass is 680 g/mol. The number of benzene rings is 7. The summed E-state index contributed by atoms with van der Waals surface area (Å²) in [6.07, 6.45) is 0. The van der Waals surface area contributed by atoms with Crippen molar-refractivity contribution < 1.29 is 4.42 Å². The maximum atomic E-state index is 6.48. The number of furan rings is 1. The Kier molecular flexibility index (Phi) is 6.23. The Morgan fingerprint density at radius 3 is 1.85 bits per heavy atom. The van der Waals surface area contributed by atoms with E-state index in [1.165, 1.54) is 38.6 Å². The Hall–Kier alpha value is -6.85. The average molecular weight is 681 g/mol. The third kappa shape index (κ3) is 4.40. The lowest BCUT2D eigenvalue weighted by atomic mass is 9.75. The first kappa shape index (κ1) is 29.8. The Balaban J connectivity index is 1.11. The first-order chi connectivity index (χ1) is 26.0. The second-order valence-electron chi connectivity index (χ2n) is 14.4. The number of hydrogen-bond acceptors (Lipinski definition) is 4. The van der Waals surface area contributed by atoms with E-state index in [1.807, 2.05) is 72.8 Å². The van der Waals surface area contributed by atoms with Gasteiger partial charge in [0.1, 0.15) is 11.2 Å². The first-order valence-electron chi connectivity index (χ1n) is 18.0. The summed E-state index contributed by atoms with van der Waals surface area (Å²) in [5.41, 5.74) is 13.0.